The van der Waals surface area contributed by atoms with Crippen LogP contribution in [0.25, 0.3) is 5.76 Å². The molecule has 0 aromatic heterocycles. The molecule has 0 heterocycles. The first-order valence-electron chi connectivity index (χ1n) is 4.40. The summed E-state index contributed by atoms with van der Waals surface area (Å²) in [4.78, 5) is 0. The average Bonchev–Trinajstić information content (AvgIpc) is 2.18. The van der Waals surface area contributed by atoms with Gasteiger partial charge in [-0.15, -0.1) is 0 Å². The van der Waals surface area contributed by atoms with Gasteiger partial charge in [-0.05, 0) is 22.0 Å². The predicted molar refractivity (Wildman–Crippen MR) is 58.9 cm³/mol. The minimum Gasteiger partial charge on any atom is -0.496 e. The largest absolute Gasteiger partial charge is 0.496 e. The number of methoxy groups -OCH3 is 1. The first kappa shape index (κ1) is 9.74. The van der Waals surface area contributed by atoms with E-state index >= 15 is 0 Å². The van der Waals surface area contributed by atoms with Gasteiger partial charge in [-0.3, -0.25) is 0 Å². The number of hydrogen-bond donors (Lipinski definition) is 1. The van der Waals surface area contributed by atoms with E-state index < -0.39 is 4.51 Å². The lowest BCUT2D eigenvalue weighted by Crippen LogP contribution is -2.21. The van der Waals surface area contributed by atoms with Gasteiger partial charge in [0.1, 0.15) is 10.3 Å². The molecular formula is C11H11BrO2. The van der Waals surface area contributed by atoms with Gasteiger partial charge in [-0.2, -0.15) is 0 Å². The molecular weight excluding hydrogens is 244 g/mol. The van der Waals surface area contributed by atoms with Crippen LogP contribution in [-0.2, 0) is 9.25 Å². The van der Waals surface area contributed by atoms with Crippen LogP contribution in [0.5, 0.6) is 0 Å². The molecule has 1 aliphatic carbocycles. The molecule has 0 radical (unpaired) electrons. The molecule has 14 heavy (non-hydrogen) atoms. The molecule has 0 spiro atoms. The van der Waals surface area contributed by atoms with Crippen molar-refractivity contribution in [1.82, 2.24) is 0 Å². The summed E-state index contributed by atoms with van der Waals surface area (Å²) >= 11 is 3.30. The topological polar surface area (TPSA) is 29.5 Å². The molecule has 0 aliphatic heterocycles. The van der Waals surface area contributed by atoms with Crippen LogP contribution in [0.2, 0.25) is 0 Å². The number of rotatable bonds is 1. The Labute approximate surface area is 91.3 Å². The number of benzene rings is 1. The Balaban J connectivity index is 2.58. The lowest BCUT2D eigenvalue weighted by Gasteiger charge is -2.28. The summed E-state index contributed by atoms with van der Waals surface area (Å²) < 4.78 is 4.29. The van der Waals surface area contributed by atoms with Crippen molar-refractivity contribution in [1.29, 1.82) is 0 Å². The highest BCUT2D eigenvalue weighted by atomic mass is 79.9. The summed E-state index contributed by atoms with van der Waals surface area (Å²) in [7, 11) is 1.64. The van der Waals surface area contributed by atoms with Gasteiger partial charge < -0.3 is 9.84 Å². The molecule has 74 valence electrons. The van der Waals surface area contributed by atoms with Crippen LogP contribution in [0.4, 0.5) is 0 Å². The number of hydrogen-bond acceptors (Lipinski definition) is 2. The van der Waals surface area contributed by atoms with Crippen molar-refractivity contribution in [2.75, 3.05) is 7.11 Å². The van der Waals surface area contributed by atoms with Crippen molar-refractivity contribution in [3.63, 3.8) is 0 Å². The Morgan fingerprint density at radius 2 is 2.14 bits per heavy atom. The second-order valence-electron chi connectivity index (χ2n) is 3.28. The first-order valence-corrected chi connectivity index (χ1v) is 5.20. The Hall–Kier alpha value is -0.800. The minimum atomic E-state index is -0.953. The van der Waals surface area contributed by atoms with E-state index in [1.54, 1.807) is 7.11 Å². The fourth-order valence-corrected chi connectivity index (χ4v) is 2.18. The zero-order chi connectivity index (χ0) is 10.2. The van der Waals surface area contributed by atoms with Crippen LogP contribution in [0.15, 0.2) is 30.3 Å². The maximum atomic E-state index is 10.1. The summed E-state index contributed by atoms with van der Waals surface area (Å²) in [6.45, 7) is 0. The van der Waals surface area contributed by atoms with Crippen LogP contribution in [0.1, 0.15) is 17.5 Å². The number of aliphatic hydroxyl groups is 1. The van der Waals surface area contributed by atoms with E-state index in [1.807, 2.05) is 30.3 Å². The maximum Gasteiger partial charge on any atom is 0.149 e. The molecule has 0 saturated heterocycles. The highest BCUT2D eigenvalue weighted by molar-refractivity contribution is 9.09. The van der Waals surface area contributed by atoms with E-state index in [4.69, 9.17) is 4.74 Å². The van der Waals surface area contributed by atoms with Crippen molar-refractivity contribution < 1.29 is 9.84 Å². The normalized spacial score (nSPS) is 25.2. The fourth-order valence-electron chi connectivity index (χ4n) is 1.67. The van der Waals surface area contributed by atoms with Gasteiger partial charge in [-0.1, -0.05) is 24.3 Å². The average molecular weight is 255 g/mol. The lowest BCUT2D eigenvalue weighted by molar-refractivity contribution is 0.145. The molecule has 0 bridgehead atoms. The van der Waals surface area contributed by atoms with Crippen LogP contribution in [0.3, 0.4) is 0 Å². The molecule has 0 saturated carbocycles. The third kappa shape index (κ3) is 1.47. The summed E-state index contributed by atoms with van der Waals surface area (Å²) in [6.07, 6.45) is 2.41. The quantitative estimate of drug-likeness (QED) is 0.781. The number of halogens is 1. The van der Waals surface area contributed by atoms with E-state index in [9.17, 15) is 5.11 Å². The number of alkyl halides is 1. The van der Waals surface area contributed by atoms with E-state index in [-0.39, 0.29) is 0 Å². The lowest BCUT2D eigenvalue weighted by atomic mass is 9.93. The highest BCUT2D eigenvalue weighted by Crippen LogP contribution is 2.41. The zero-order valence-corrected chi connectivity index (χ0v) is 9.41. The van der Waals surface area contributed by atoms with Gasteiger partial charge in [0.25, 0.3) is 0 Å². The van der Waals surface area contributed by atoms with Gasteiger partial charge in [0.2, 0.25) is 0 Å². The molecule has 1 atom stereocenters. The van der Waals surface area contributed by atoms with Crippen molar-refractivity contribution >= 4 is 21.7 Å². The standard InChI is InChI=1S/C11H11BrO2/c1-14-10-6-7-11(12,13)9-5-3-2-4-8(9)10/h2-6,13H,7H2,1H3. The second kappa shape index (κ2) is 3.41. The molecule has 1 aromatic carbocycles. The molecule has 1 aliphatic rings. The zero-order valence-electron chi connectivity index (χ0n) is 7.83. The van der Waals surface area contributed by atoms with Crippen molar-refractivity contribution in [2.24, 2.45) is 0 Å². The van der Waals surface area contributed by atoms with E-state index in [2.05, 4.69) is 15.9 Å². The molecule has 1 N–H and O–H groups in total. The molecule has 0 amide bonds. The Morgan fingerprint density at radius 1 is 1.43 bits per heavy atom. The maximum absolute atomic E-state index is 10.1. The van der Waals surface area contributed by atoms with E-state index in [1.165, 1.54) is 0 Å². The van der Waals surface area contributed by atoms with Gasteiger partial charge >= 0.3 is 0 Å². The Bertz CT molecular complexity index is 383. The predicted octanol–water partition coefficient (Wildman–Crippen LogP) is 2.62. The number of ether oxygens (including phenoxy) is 1. The molecule has 1 aromatic rings. The third-order valence-corrected chi connectivity index (χ3v) is 3.13. The van der Waals surface area contributed by atoms with Crippen LogP contribution in [-0.4, -0.2) is 12.2 Å². The summed E-state index contributed by atoms with van der Waals surface area (Å²) in [5.74, 6) is 0.824. The van der Waals surface area contributed by atoms with Crippen molar-refractivity contribution in [3.8, 4) is 0 Å². The summed E-state index contributed by atoms with van der Waals surface area (Å²) in [5.41, 5.74) is 1.81. The Morgan fingerprint density at radius 3 is 2.86 bits per heavy atom. The fraction of sp³-hybridized carbons (Fsp3) is 0.273. The van der Waals surface area contributed by atoms with Gasteiger partial charge in [-0.25, -0.2) is 0 Å². The van der Waals surface area contributed by atoms with Gasteiger partial charge in [0.05, 0.1) is 7.11 Å². The van der Waals surface area contributed by atoms with E-state index in [0.29, 0.717) is 6.42 Å². The second-order valence-corrected chi connectivity index (χ2v) is 4.59. The summed E-state index contributed by atoms with van der Waals surface area (Å²) in [5, 5.41) is 10.1. The highest BCUT2D eigenvalue weighted by Gasteiger charge is 2.31. The number of fused-ring (bicyclic) bond motifs is 1. The van der Waals surface area contributed by atoms with Crippen molar-refractivity contribution in [3.05, 3.63) is 41.5 Å². The summed E-state index contributed by atoms with van der Waals surface area (Å²) in [6, 6.07) is 7.68. The Kier molecular flexibility index (Phi) is 2.37. The van der Waals surface area contributed by atoms with Crippen LogP contribution >= 0.6 is 15.9 Å². The molecule has 2 nitrogen and oxygen atoms in total. The van der Waals surface area contributed by atoms with Crippen LogP contribution < -0.4 is 0 Å². The molecule has 1 unspecified atom stereocenters. The third-order valence-electron chi connectivity index (χ3n) is 2.38. The van der Waals surface area contributed by atoms with Gasteiger partial charge in [0, 0.05) is 17.5 Å². The van der Waals surface area contributed by atoms with Crippen LogP contribution in [0, 0.1) is 0 Å². The smallest absolute Gasteiger partial charge is 0.149 e. The molecule has 0 fully saturated rings. The SMILES string of the molecule is COC1=CCC(O)(Br)c2ccccc21. The molecule has 2 rings (SSSR count). The first-order chi connectivity index (χ1) is 6.65. The minimum absolute atomic E-state index is 0.521. The molecule has 3 heteroatoms. The van der Waals surface area contributed by atoms with Gasteiger partial charge in [0.15, 0.2) is 0 Å². The monoisotopic (exact) mass is 254 g/mol. The van der Waals surface area contributed by atoms with E-state index in [0.717, 1.165) is 16.9 Å². The van der Waals surface area contributed by atoms with Crippen molar-refractivity contribution in [2.45, 2.75) is 10.9 Å².